The minimum atomic E-state index is 0.129. The van der Waals surface area contributed by atoms with Gasteiger partial charge >= 0.3 is 0 Å². The van der Waals surface area contributed by atoms with Crippen LogP contribution in [-0.2, 0) is 0 Å². The second kappa shape index (κ2) is 5.65. The number of amidine groups is 1. The van der Waals surface area contributed by atoms with E-state index < -0.39 is 0 Å². The van der Waals surface area contributed by atoms with E-state index in [1.165, 1.54) is 15.6 Å². The fraction of sp³-hybridized carbons (Fsp3) is 0. The molecule has 0 unspecified atom stereocenters. The van der Waals surface area contributed by atoms with Gasteiger partial charge in [-0.05, 0) is 46.2 Å². The molecule has 0 spiro atoms. The minimum absolute atomic E-state index is 0.129. The van der Waals surface area contributed by atoms with Crippen LogP contribution in [0.4, 0.5) is 0 Å². The molecule has 2 aromatic heterocycles. The molecule has 2 aromatic carbocycles. The van der Waals surface area contributed by atoms with Crippen LogP contribution in [0, 0.1) is 5.41 Å². The molecule has 0 saturated carbocycles. The maximum absolute atomic E-state index is 7.62. The number of hydrogen-bond acceptors (Lipinski definition) is 3. The van der Waals surface area contributed by atoms with E-state index in [2.05, 4.69) is 53.9 Å². The highest BCUT2D eigenvalue weighted by Gasteiger charge is 2.06. The Morgan fingerprint density at radius 2 is 1.61 bits per heavy atom. The van der Waals surface area contributed by atoms with Gasteiger partial charge in [0.25, 0.3) is 0 Å². The first-order valence-corrected chi connectivity index (χ1v) is 8.93. The van der Waals surface area contributed by atoms with Crippen molar-refractivity contribution >= 4 is 60.8 Å². The van der Waals surface area contributed by atoms with Crippen LogP contribution in [0.1, 0.15) is 16.0 Å². The highest BCUT2D eigenvalue weighted by atomic mass is 32.1. The van der Waals surface area contributed by atoms with Crippen LogP contribution in [0.5, 0.6) is 0 Å². The first kappa shape index (κ1) is 14.2. The monoisotopic (exact) mass is 334 g/mol. The quantitative estimate of drug-likeness (QED) is 0.287. The number of nitrogens with one attached hydrogen (secondary N) is 1. The van der Waals surface area contributed by atoms with Gasteiger partial charge in [-0.3, -0.25) is 5.41 Å². The van der Waals surface area contributed by atoms with Gasteiger partial charge in [0.05, 0.1) is 4.88 Å². The van der Waals surface area contributed by atoms with Gasteiger partial charge in [0.15, 0.2) is 0 Å². The van der Waals surface area contributed by atoms with Crippen LogP contribution in [0.2, 0.25) is 0 Å². The van der Waals surface area contributed by atoms with Gasteiger partial charge in [-0.25, -0.2) is 0 Å². The third-order valence-electron chi connectivity index (χ3n) is 3.83. The summed E-state index contributed by atoms with van der Waals surface area (Å²) >= 11 is 3.33. The molecule has 4 heteroatoms. The van der Waals surface area contributed by atoms with Crippen molar-refractivity contribution in [3.63, 3.8) is 0 Å². The standard InChI is InChI=1S/C19H14N2S2/c20-19(21)18-11-15-13(4-2-6-17(15)23-18)8-7-12-3-1-5-16-14(12)9-10-22-16/h1-11H,(H3,20,21)/b8-7+. The molecule has 0 fully saturated rings. The number of hydrogen-bond donors (Lipinski definition) is 2. The lowest BCUT2D eigenvalue weighted by atomic mass is 10.1. The van der Waals surface area contributed by atoms with E-state index in [1.54, 1.807) is 22.7 Å². The maximum Gasteiger partial charge on any atom is 0.133 e. The van der Waals surface area contributed by atoms with E-state index in [0.29, 0.717) is 0 Å². The Hall–Kier alpha value is -2.43. The summed E-state index contributed by atoms with van der Waals surface area (Å²) in [6.07, 6.45) is 4.31. The summed E-state index contributed by atoms with van der Waals surface area (Å²) in [7, 11) is 0. The van der Waals surface area contributed by atoms with Gasteiger partial charge < -0.3 is 5.73 Å². The predicted octanol–water partition coefficient (Wildman–Crippen LogP) is 5.57. The zero-order chi connectivity index (χ0) is 15.8. The van der Waals surface area contributed by atoms with E-state index in [-0.39, 0.29) is 5.84 Å². The third-order valence-corrected chi connectivity index (χ3v) is 5.85. The van der Waals surface area contributed by atoms with E-state index in [4.69, 9.17) is 11.1 Å². The average Bonchev–Trinajstić information content (AvgIpc) is 3.19. The molecule has 112 valence electrons. The highest BCUT2D eigenvalue weighted by Crippen LogP contribution is 2.30. The van der Waals surface area contributed by atoms with E-state index in [1.807, 2.05) is 12.1 Å². The van der Waals surface area contributed by atoms with E-state index in [9.17, 15) is 0 Å². The van der Waals surface area contributed by atoms with Crippen molar-refractivity contribution < 1.29 is 0 Å². The molecule has 3 N–H and O–H groups in total. The van der Waals surface area contributed by atoms with Gasteiger partial charge in [-0.15, -0.1) is 22.7 Å². The number of nitrogens with two attached hydrogens (primary N) is 1. The zero-order valence-electron chi connectivity index (χ0n) is 12.2. The van der Waals surface area contributed by atoms with Crippen molar-refractivity contribution in [3.05, 3.63) is 69.9 Å². The Bertz CT molecular complexity index is 1050. The first-order valence-electron chi connectivity index (χ1n) is 7.23. The minimum Gasteiger partial charge on any atom is -0.383 e. The summed E-state index contributed by atoms with van der Waals surface area (Å²) in [6.45, 7) is 0. The molecular weight excluding hydrogens is 320 g/mol. The van der Waals surface area contributed by atoms with Crippen LogP contribution < -0.4 is 5.73 Å². The van der Waals surface area contributed by atoms with Crippen LogP contribution >= 0.6 is 22.7 Å². The SMILES string of the molecule is N=C(N)c1cc2c(/C=C/c3cccc4sccc34)cccc2s1. The Kier molecular flexibility index (Phi) is 3.48. The van der Waals surface area contributed by atoms with Gasteiger partial charge in [0.1, 0.15) is 5.84 Å². The summed E-state index contributed by atoms with van der Waals surface area (Å²) in [5.74, 6) is 0.129. The smallest absolute Gasteiger partial charge is 0.133 e. The summed E-state index contributed by atoms with van der Waals surface area (Å²) in [4.78, 5) is 0.820. The van der Waals surface area contributed by atoms with Crippen LogP contribution in [0.3, 0.4) is 0 Å². The first-order chi connectivity index (χ1) is 11.2. The molecule has 0 amide bonds. The van der Waals surface area contributed by atoms with Gasteiger partial charge in [-0.2, -0.15) is 0 Å². The maximum atomic E-state index is 7.62. The second-order valence-electron chi connectivity index (χ2n) is 5.30. The molecule has 0 radical (unpaired) electrons. The normalized spacial score (nSPS) is 11.7. The molecule has 0 saturated heterocycles. The Balaban J connectivity index is 1.80. The second-order valence-corrected chi connectivity index (χ2v) is 7.33. The molecule has 2 heterocycles. The van der Waals surface area contributed by atoms with Crippen LogP contribution in [-0.4, -0.2) is 5.84 Å². The van der Waals surface area contributed by atoms with Crippen molar-refractivity contribution in [1.82, 2.24) is 0 Å². The van der Waals surface area contributed by atoms with Gasteiger partial charge in [0, 0.05) is 14.8 Å². The van der Waals surface area contributed by atoms with Crippen LogP contribution in [0.25, 0.3) is 32.3 Å². The summed E-state index contributed by atoms with van der Waals surface area (Å²) in [5.41, 5.74) is 8.00. The molecule has 4 aromatic rings. The summed E-state index contributed by atoms with van der Waals surface area (Å²) in [5, 5.41) is 12.2. The molecule has 0 aliphatic carbocycles. The van der Waals surface area contributed by atoms with E-state index in [0.717, 1.165) is 20.5 Å². The Morgan fingerprint density at radius 1 is 0.913 bits per heavy atom. The molecule has 0 aliphatic heterocycles. The lowest BCUT2D eigenvalue weighted by Crippen LogP contribution is -2.08. The lowest BCUT2D eigenvalue weighted by molar-refractivity contribution is 1.46. The summed E-state index contributed by atoms with van der Waals surface area (Å²) < 4.78 is 2.46. The number of nitrogen functional groups attached to an aromatic ring is 1. The number of rotatable bonds is 3. The number of fused-ring (bicyclic) bond motifs is 2. The molecule has 0 atom stereocenters. The zero-order valence-corrected chi connectivity index (χ0v) is 13.9. The van der Waals surface area contributed by atoms with Crippen molar-refractivity contribution in [3.8, 4) is 0 Å². The average molecular weight is 334 g/mol. The van der Waals surface area contributed by atoms with Crippen molar-refractivity contribution in [2.24, 2.45) is 5.73 Å². The van der Waals surface area contributed by atoms with Crippen molar-refractivity contribution in [1.29, 1.82) is 5.41 Å². The molecule has 4 rings (SSSR count). The fourth-order valence-electron chi connectivity index (χ4n) is 2.70. The molecule has 0 aliphatic rings. The number of thiophene rings is 2. The Labute approximate surface area is 142 Å². The topological polar surface area (TPSA) is 49.9 Å². The van der Waals surface area contributed by atoms with E-state index >= 15 is 0 Å². The third kappa shape index (κ3) is 2.56. The number of benzene rings is 2. The molecule has 23 heavy (non-hydrogen) atoms. The Morgan fingerprint density at radius 3 is 2.35 bits per heavy atom. The predicted molar refractivity (Wildman–Crippen MR) is 104 cm³/mol. The van der Waals surface area contributed by atoms with Gasteiger partial charge in [0.2, 0.25) is 0 Å². The van der Waals surface area contributed by atoms with Crippen LogP contribution in [0.15, 0.2) is 53.9 Å². The van der Waals surface area contributed by atoms with Crippen molar-refractivity contribution in [2.45, 2.75) is 0 Å². The summed E-state index contributed by atoms with van der Waals surface area (Å²) in [6, 6.07) is 16.8. The van der Waals surface area contributed by atoms with Crippen molar-refractivity contribution in [2.75, 3.05) is 0 Å². The largest absolute Gasteiger partial charge is 0.383 e. The highest BCUT2D eigenvalue weighted by molar-refractivity contribution is 7.20. The molecular formula is C19H14N2S2. The van der Waals surface area contributed by atoms with Gasteiger partial charge in [-0.1, -0.05) is 36.4 Å². The molecule has 2 nitrogen and oxygen atoms in total. The molecule has 0 bridgehead atoms. The fourth-order valence-corrected chi connectivity index (χ4v) is 4.48. The lowest BCUT2D eigenvalue weighted by Gasteiger charge is -1.99.